The summed E-state index contributed by atoms with van der Waals surface area (Å²) in [5, 5.41) is 2.96. The Kier molecular flexibility index (Phi) is 7.76. The Balaban J connectivity index is 1.80. The number of nitrogens with one attached hydrogen (secondary N) is 1. The molecule has 1 aliphatic heterocycles. The number of piperazine rings is 1. The smallest absolute Gasteiger partial charge is 0.224 e. The van der Waals surface area contributed by atoms with E-state index in [4.69, 9.17) is 0 Å². The predicted molar refractivity (Wildman–Crippen MR) is 103 cm³/mol. The van der Waals surface area contributed by atoms with Crippen molar-refractivity contribution in [2.45, 2.75) is 52.4 Å². The van der Waals surface area contributed by atoms with Crippen LogP contribution in [0.25, 0.3) is 0 Å². The van der Waals surface area contributed by atoms with Crippen LogP contribution in [0.1, 0.15) is 52.4 Å². The number of rotatable bonds is 8. The Morgan fingerprint density at radius 2 is 1.60 bits per heavy atom. The first kappa shape index (κ1) is 19.3. The second kappa shape index (κ2) is 10.1. The van der Waals surface area contributed by atoms with Gasteiger partial charge in [-0.2, -0.15) is 0 Å². The monoisotopic (exact) mass is 345 g/mol. The number of carbonyl (C=O) groups excluding carboxylic acids is 2. The Hall–Kier alpha value is -2.04. The summed E-state index contributed by atoms with van der Waals surface area (Å²) < 4.78 is 0. The molecule has 0 aliphatic carbocycles. The third-order valence-electron chi connectivity index (χ3n) is 4.62. The van der Waals surface area contributed by atoms with E-state index in [9.17, 15) is 9.59 Å². The van der Waals surface area contributed by atoms with Crippen LogP contribution in [-0.2, 0) is 9.59 Å². The van der Waals surface area contributed by atoms with E-state index in [1.54, 1.807) is 0 Å². The van der Waals surface area contributed by atoms with Gasteiger partial charge in [0.05, 0.1) is 0 Å². The van der Waals surface area contributed by atoms with E-state index in [2.05, 4.69) is 17.1 Å². The third kappa shape index (κ3) is 6.07. The van der Waals surface area contributed by atoms with Crippen molar-refractivity contribution in [1.82, 2.24) is 4.90 Å². The van der Waals surface area contributed by atoms with Crippen LogP contribution in [0.15, 0.2) is 24.3 Å². The lowest BCUT2D eigenvalue weighted by Gasteiger charge is -2.36. The molecule has 0 aromatic heterocycles. The highest BCUT2D eigenvalue weighted by Crippen LogP contribution is 2.20. The minimum absolute atomic E-state index is 0.0873. The maximum atomic E-state index is 12.0. The number of anilines is 2. The minimum atomic E-state index is 0.0873. The first-order chi connectivity index (χ1) is 12.1. The molecular formula is C20H31N3O2. The number of carbonyl (C=O) groups is 2. The third-order valence-corrected chi connectivity index (χ3v) is 4.62. The Morgan fingerprint density at radius 3 is 2.20 bits per heavy atom. The average molecular weight is 345 g/mol. The Bertz CT molecular complexity index is 549. The van der Waals surface area contributed by atoms with Gasteiger partial charge in [-0.15, -0.1) is 0 Å². The summed E-state index contributed by atoms with van der Waals surface area (Å²) in [6.45, 7) is 7.47. The summed E-state index contributed by atoms with van der Waals surface area (Å²) >= 11 is 0. The minimum Gasteiger partial charge on any atom is -0.368 e. The molecule has 138 valence electrons. The van der Waals surface area contributed by atoms with Gasteiger partial charge in [0.25, 0.3) is 0 Å². The fraction of sp³-hybridized carbons (Fsp3) is 0.600. The van der Waals surface area contributed by atoms with E-state index in [0.29, 0.717) is 12.8 Å². The van der Waals surface area contributed by atoms with Gasteiger partial charge in [0, 0.05) is 50.4 Å². The lowest BCUT2D eigenvalue weighted by Crippen LogP contribution is -2.48. The van der Waals surface area contributed by atoms with E-state index in [-0.39, 0.29) is 11.8 Å². The van der Waals surface area contributed by atoms with Crippen molar-refractivity contribution in [2.24, 2.45) is 0 Å². The zero-order valence-corrected chi connectivity index (χ0v) is 15.6. The fourth-order valence-corrected chi connectivity index (χ4v) is 3.10. The van der Waals surface area contributed by atoms with E-state index >= 15 is 0 Å². The molecule has 1 heterocycles. The normalized spacial score (nSPS) is 14.5. The largest absolute Gasteiger partial charge is 0.368 e. The molecule has 0 bridgehead atoms. The molecule has 1 N–H and O–H groups in total. The maximum absolute atomic E-state index is 12.0. The van der Waals surface area contributed by atoms with Gasteiger partial charge < -0.3 is 15.1 Å². The quantitative estimate of drug-likeness (QED) is 0.732. The molecule has 2 rings (SSSR count). The van der Waals surface area contributed by atoms with Crippen LogP contribution < -0.4 is 10.2 Å². The summed E-state index contributed by atoms with van der Waals surface area (Å²) in [5.41, 5.74) is 1.99. The molecular weight excluding hydrogens is 314 g/mol. The molecule has 25 heavy (non-hydrogen) atoms. The topological polar surface area (TPSA) is 52.7 Å². The highest BCUT2D eigenvalue weighted by molar-refractivity contribution is 5.90. The standard InChI is InChI=1S/C20H31N3O2/c1-3-5-6-8-19(24)21-17-9-11-18(12-10-17)22-13-15-23(16-14-22)20(25)7-4-2/h9-12H,3-8,13-16H2,1-2H3,(H,21,24). The van der Waals surface area contributed by atoms with Gasteiger partial charge in [0.2, 0.25) is 11.8 Å². The van der Waals surface area contributed by atoms with Gasteiger partial charge >= 0.3 is 0 Å². The Labute approximate surface area is 151 Å². The highest BCUT2D eigenvalue weighted by atomic mass is 16.2. The van der Waals surface area contributed by atoms with Gasteiger partial charge in [0.15, 0.2) is 0 Å². The van der Waals surface area contributed by atoms with Gasteiger partial charge in [0.1, 0.15) is 0 Å². The molecule has 0 spiro atoms. The van der Waals surface area contributed by atoms with E-state index in [0.717, 1.165) is 63.2 Å². The van der Waals surface area contributed by atoms with Crippen molar-refractivity contribution in [3.05, 3.63) is 24.3 Å². The number of unbranched alkanes of at least 4 members (excludes halogenated alkanes) is 2. The van der Waals surface area contributed by atoms with Crippen LogP contribution in [0.4, 0.5) is 11.4 Å². The van der Waals surface area contributed by atoms with Crippen molar-refractivity contribution in [2.75, 3.05) is 36.4 Å². The van der Waals surface area contributed by atoms with Crippen molar-refractivity contribution >= 4 is 23.2 Å². The second-order valence-electron chi connectivity index (χ2n) is 6.67. The van der Waals surface area contributed by atoms with E-state index < -0.39 is 0 Å². The van der Waals surface area contributed by atoms with Crippen molar-refractivity contribution in [1.29, 1.82) is 0 Å². The summed E-state index contributed by atoms with van der Waals surface area (Å²) in [5.74, 6) is 0.354. The summed E-state index contributed by atoms with van der Waals surface area (Å²) in [4.78, 5) is 28.1. The number of hydrogen-bond donors (Lipinski definition) is 1. The summed E-state index contributed by atoms with van der Waals surface area (Å²) in [6.07, 6.45) is 5.31. The van der Waals surface area contributed by atoms with Gasteiger partial charge in [-0.3, -0.25) is 9.59 Å². The molecule has 1 saturated heterocycles. The molecule has 0 saturated carbocycles. The van der Waals surface area contributed by atoms with Gasteiger partial charge in [-0.1, -0.05) is 26.7 Å². The maximum Gasteiger partial charge on any atom is 0.224 e. The lowest BCUT2D eigenvalue weighted by molar-refractivity contribution is -0.131. The molecule has 5 heteroatoms. The zero-order valence-electron chi connectivity index (χ0n) is 15.6. The van der Waals surface area contributed by atoms with Crippen LogP contribution >= 0.6 is 0 Å². The van der Waals surface area contributed by atoms with E-state index in [1.165, 1.54) is 0 Å². The van der Waals surface area contributed by atoms with E-state index in [1.807, 2.05) is 36.1 Å². The average Bonchev–Trinajstić information content (AvgIpc) is 2.63. The van der Waals surface area contributed by atoms with Gasteiger partial charge in [-0.25, -0.2) is 0 Å². The SMILES string of the molecule is CCCCCC(=O)Nc1ccc(N2CCN(C(=O)CCC)CC2)cc1. The number of amides is 2. The molecule has 1 aliphatic rings. The fourth-order valence-electron chi connectivity index (χ4n) is 3.10. The van der Waals surface area contributed by atoms with Crippen molar-refractivity contribution in [3.63, 3.8) is 0 Å². The first-order valence-electron chi connectivity index (χ1n) is 9.56. The summed E-state index contributed by atoms with van der Waals surface area (Å²) in [7, 11) is 0. The Morgan fingerprint density at radius 1 is 0.920 bits per heavy atom. The molecule has 2 amide bonds. The zero-order chi connectivity index (χ0) is 18.1. The molecule has 5 nitrogen and oxygen atoms in total. The van der Waals surface area contributed by atoms with Crippen LogP contribution in [0.5, 0.6) is 0 Å². The molecule has 1 aromatic carbocycles. The molecule has 1 fully saturated rings. The molecule has 0 radical (unpaired) electrons. The molecule has 1 aromatic rings. The van der Waals surface area contributed by atoms with Gasteiger partial charge in [-0.05, 0) is 37.1 Å². The number of benzene rings is 1. The van der Waals surface area contributed by atoms with Crippen molar-refractivity contribution in [3.8, 4) is 0 Å². The second-order valence-corrected chi connectivity index (χ2v) is 6.67. The number of hydrogen-bond acceptors (Lipinski definition) is 3. The predicted octanol–water partition coefficient (Wildman–Crippen LogP) is 3.65. The molecule has 0 atom stereocenters. The number of nitrogens with zero attached hydrogens (tertiary/aromatic N) is 2. The van der Waals surface area contributed by atoms with Crippen LogP contribution in [0.2, 0.25) is 0 Å². The highest BCUT2D eigenvalue weighted by Gasteiger charge is 2.20. The summed E-state index contributed by atoms with van der Waals surface area (Å²) in [6, 6.07) is 8.01. The lowest BCUT2D eigenvalue weighted by atomic mass is 10.2. The van der Waals surface area contributed by atoms with Crippen LogP contribution in [0.3, 0.4) is 0 Å². The molecule has 0 unspecified atom stereocenters. The first-order valence-corrected chi connectivity index (χ1v) is 9.56. The van der Waals surface area contributed by atoms with Crippen LogP contribution in [0, 0.1) is 0 Å². The van der Waals surface area contributed by atoms with Crippen molar-refractivity contribution < 1.29 is 9.59 Å². The van der Waals surface area contributed by atoms with Crippen LogP contribution in [-0.4, -0.2) is 42.9 Å².